The van der Waals surface area contributed by atoms with Gasteiger partial charge in [0.15, 0.2) is 0 Å². The fourth-order valence-corrected chi connectivity index (χ4v) is 1.24. The SMILES string of the molecule is Oc1ccc(/C=N\c2ccc(F)cc2)cc1. The fourth-order valence-electron chi connectivity index (χ4n) is 1.24. The molecule has 0 amide bonds. The second-order valence-corrected chi connectivity index (χ2v) is 3.33. The van der Waals surface area contributed by atoms with Crippen LogP contribution in [0, 0.1) is 5.82 Å². The molecule has 0 saturated heterocycles. The van der Waals surface area contributed by atoms with Crippen molar-refractivity contribution in [2.24, 2.45) is 4.99 Å². The van der Waals surface area contributed by atoms with E-state index in [1.165, 1.54) is 12.1 Å². The maximum absolute atomic E-state index is 12.6. The second kappa shape index (κ2) is 4.57. The molecular formula is C13H10FNO. The number of hydrogen-bond donors (Lipinski definition) is 1. The van der Waals surface area contributed by atoms with Gasteiger partial charge in [0.25, 0.3) is 0 Å². The number of hydrogen-bond acceptors (Lipinski definition) is 2. The first-order valence-corrected chi connectivity index (χ1v) is 4.83. The van der Waals surface area contributed by atoms with Crippen LogP contribution in [0.4, 0.5) is 10.1 Å². The average molecular weight is 215 g/mol. The van der Waals surface area contributed by atoms with E-state index in [-0.39, 0.29) is 11.6 Å². The summed E-state index contributed by atoms with van der Waals surface area (Å²) in [6, 6.07) is 12.6. The molecule has 0 heterocycles. The van der Waals surface area contributed by atoms with Crippen LogP contribution >= 0.6 is 0 Å². The lowest BCUT2D eigenvalue weighted by atomic mass is 10.2. The van der Waals surface area contributed by atoms with Crippen molar-refractivity contribution in [3.63, 3.8) is 0 Å². The molecule has 0 radical (unpaired) electrons. The number of benzene rings is 2. The van der Waals surface area contributed by atoms with Crippen molar-refractivity contribution in [1.29, 1.82) is 0 Å². The van der Waals surface area contributed by atoms with E-state index in [4.69, 9.17) is 5.11 Å². The van der Waals surface area contributed by atoms with Crippen molar-refractivity contribution in [1.82, 2.24) is 0 Å². The molecule has 1 N–H and O–H groups in total. The Morgan fingerprint density at radius 3 is 2.19 bits per heavy atom. The minimum absolute atomic E-state index is 0.221. The summed E-state index contributed by atoms with van der Waals surface area (Å²) in [6.45, 7) is 0. The van der Waals surface area contributed by atoms with Gasteiger partial charge in [-0.1, -0.05) is 0 Å². The Kier molecular flexibility index (Phi) is 2.96. The van der Waals surface area contributed by atoms with E-state index >= 15 is 0 Å². The Hall–Kier alpha value is -2.16. The Morgan fingerprint density at radius 1 is 0.938 bits per heavy atom. The molecule has 0 fully saturated rings. The monoisotopic (exact) mass is 215 g/mol. The van der Waals surface area contributed by atoms with Crippen molar-refractivity contribution in [3.8, 4) is 5.75 Å². The van der Waals surface area contributed by atoms with E-state index in [1.807, 2.05) is 0 Å². The van der Waals surface area contributed by atoms with Gasteiger partial charge in [-0.3, -0.25) is 4.99 Å². The van der Waals surface area contributed by atoms with Crippen molar-refractivity contribution in [2.75, 3.05) is 0 Å². The van der Waals surface area contributed by atoms with Crippen LogP contribution in [-0.2, 0) is 0 Å². The van der Waals surface area contributed by atoms with Crippen molar-refractivity contribution in [2.45, 2.75) is 0 Å². The quantitative estimate of drug-likeness (QED) is 0.766. The molecule has 2 aromatic rings. The number of rotatable bonds is 2. The lowest BCUT2D eigenvalue weighted by molar-refractivity contribution is 0.475. The summed E-state index contributed by atoms with van der Waals surface area (Å²) in [5.74, 6) is -0.0532. The van der Waals surface area contributed by atoms with E-state index in [9.17, 15) is 4.39 Å². The van der Waals surface area contributed by atoms with Gasteiger partial charge in [0.1, 0.15) is 11.6 Å². The molecule has 0 aliphatic rings. The van der Waals surface area contributed by atoms with E-state index in [0.29, 0.717) is 5.69 Å². The summed E-state index contributed by atoms with van der Waals surface area (Å²) in [5, 5.41) is 9.09. The smallest absolute Gasteiger partial charge is 0.123 e. The normalized spacial score (nSPS) is 10.8. The average Bonchev–Trinajstić information content (AvgIpc) is 2.30. The van der Waals surface area contributed by atoms with Crippen LogP contribution in [0.2, 0.25) is 0 Å². The predicted octanol–water partition coefficient (Wildman–Crippen LogP) is 3.28. The number of phenols is 1. The van der Waals surface area contributed by atoms with Gasteiger partial charge in [0, 0.05) is 6.21 Å². The van der Waals surface area contributed by atoms with Crippen molar-refractivity contribution >= 4 is 11.9 Å². The van der Waals surface area contributed by atoms with Crippen LogP contribution in [0.1, 0.15) is 5.56 Å². The number of aromatic hydroxyl groups is 1. The van der Waals surface area contributed by atoms with Crippen molar-refractivity contribution in [3.05, 3.63) is 59.9 Å². The molecule has 0 atom stereocenters. The zero-order valence-corrected chi connectivity index (χ0v) is 8.47. The Balaban J connectivity index is 2.15. The van der Waals surface area contributed by atoms with Gasteiger partial charge in [-0.05, 0) is 54.1 Å². The first-order valence-electron chi connectivity index (χ1n) is 4.83. The summed E-state index contributed by atoms with van der Waals surface area (Å²) < 4.78 is 12.6. The van der Waals surface area contributed by atoms with Crippen LogP contribution < -0.4 is 0 Å². The topological polar surface area (TPSA) is 32.6 Å². The molecule has 2 aromatic carbocycles. The maximum Gasteiger partial charge on any atom is 0.123 e. The molecule has 0 aliphatic heterocycles. The molecule has 2 nitrogen and oxygen atoms in total. The minimum atomic E-state index is -0.274. The zero-order chi connectivity index (χ0) is 11.4. The lowest BCUT2D eigenvalue weighted by Gasteiger charge is -1.95. The first-order chi connectivity index (χ1) is 7.74. The van der Waals surface area contributed by atoms with Crippen LogP contribution in [-0.4, -0.2) is 11.3 Å². The van der Waals surface area contributed by atoms with Gasteiger partial charge in [-0.15, -0.1) is 0 Å². The molecule has 0 bridgehead atoms. The zero-order valence-electron chi connectivity index (χ0n) is 8.47. The highest BCUT2D eigenvalue weighted by atomic mass is 19.1. The first kappa shape index (κ1) is 10.4. The van der Waals surface area contributed by atoms with Gasteiger partial charge in [-0.2, -0.15) is 0 Å². The van der Waals surface area contributed by atoms with Crippen LogP contribution in [0.5, 0.6) is 5.75 Å². The maximum atomic E-state index is 12.6. The van der Waals surface area contributed by atoms with Gasteiger partial charge >= 0.3 is 0 Å². The van der Waals surface area contributed by atoms with Crippen LogP contribution in [0.3, 0.4) is 0 Å². The van der Waals surface area contributed by atoms with E-state index < -0.39 is 0 Å². The number of phenolic OH excluding ortho intramolecular Hbond substituents is 1. The van der Waals surface area contributed by atoms with Crippen molar-refractivity contribution < 1.29 is 9.50 Å². The summed E-state index contributed by atoms with van der Waals surface area (Å²) in [4.78, 5) is 4.17. The van der Waals surface area contributed by atoms with E-state index in [1.54, 1.807) is 42.6 Å². The fraction of sp³-hybridized carbons (Fsp3) is 0. The lowest BCUT2D eigenvalue weighted by Crippen LogP contribution is -1.79. The molecule has 0 aliphatic carbocycles. The number of halogens is 1. The van der Waals surface area contributed by atoms with Crippen LogP contribution in [0.25, 0.3) is 0 Å². The molecule has 0 spiro atoms. The van der Waals surface area contributed by atoms with Gasteiger partial charge in [0.2, 0.25) is 0 Å². The van der Waals surface area contributed by atoms with Gasteiger partial charge in [-0.25, -0.2) is 4.39 Å². The highest BCUT2D eigenvalue weighted by molar-refractivity contribution is 5.82. The number of nitrogens with zero attached hydrogens (tertiary/aromatic N) is 1. The third kappa shape index (κ3) is 2.67. The minimum Gasteiger partial charge on any atom is -0.508 e. The summed E-state index contributed by atoms with van der Waals surface area (Å²) >= 11 is 0. The Bertz CT molecular complexity index is 441. The molecule has 0 saturated carbocycles. The third-order valence-corrected chi connectivity index (χ3v) is 2.08. The molecule has 16 heavy (non-hydrogen) atoms. The Labute approximate surface area is 92.7 Å². The molecule has 0 unspecified atom stereocenters. The highest BCUT2D eigenvalue weighted by Crippen LogP contribution is 2.13. The third-order valence-electron chi connectivity index (χ3n) is 2.08. The summed E-state index contributed by atoms with van der Waals surface area (Å²) in [6.07, 6.45) is 1.66. The largest absolute Gasteiger partial charge is 0.508 e. The molecule has 2 rings (SSSR count). The molecule has 0 aromatic heterocycles. The highest BCUT2D eigenvalue weighted by Gasteiger charge is 1.91. The van der Waals surface area contributed by atoms with Crippen LogP contribution in [0.15, 0.2) is 53.5 Å². The summed E-state index contributed by atoms with van der Waals surface area (Å²) in [5.41, 5.74) is 1.57. The van der Waals surface area contributed by atoms with Gasteiger partial charge < -0.3 is 5.11 Å². The Morgan fingerprint density at radius 2 is 1.56 bits per heavy atom. The van der Waals surface area contributed by atoms with Gasteiger partial charge in [0.05, 0.1) is 5.69 Å². The van der Waals surface area contributed by atoms with E-state index in [0.717, 1.165) is 5.56 Å². The molecule has 80 valence electrons. The van der Waals surface area contributed by atoms with E-state index in [2.05, 4.69) is 4.99 Å². The molecular weight excluding hydrogens is 205 g/mol. The molecule has 3 heteroatoms. The standard InChI is InChI=1S/C13H10FNO/c14-11-3-5-12(6-4-11)15-9-10-1-7-13(16)8-2-10/h1-9,16H/b15-9-. The number of aliphatic imine (C=N–C) groups is 1. The predicted molar refractivity (Wildman–Crippen MR) is 61.8 cm³/mol. The summed E-state index contributed by atoms with van der Waals surface area (Å²) in [7, 11) is 0. The second-order valence-electron chi connectivity index (χ2n) is 3.33.